The molecule has 2 N–H and O–H groups in total. The van der Waals surface area contributed by atoms with Crippen molar-refractivity contribution >= 4 is 15.7 Å². The second-order valence-corrected chi connectivity index (χ2v) is 7.20. The van der Waals surface area contributed by atoms with Crippen LogP contribution in [0, 0.1) is 0 Å². The standard InChI is InChI=1S/C13H18N2O2S/c1-13(6-7-13)15-18(16,17)11-4-5-12-10(9-11)3-2-8-14-12/h4-5,9,14-15H,2-3,6-8H2,1H3. The topological polar surface area (TPSA) is 58.2 Å². The maximum absolute atomic E-state index is 12.2. The van der Waals surface area contributed by atoms with Gasteiger partial charge in [-0.15, -0.1) is 0 Å². The number of aryl methyl sites for hydroxylation is 1. The first kappa shape index (κ1) is 12.0. The molecular formula is C13H18N2O2S. The molecule has 1 aromatic rings. The molecule has 3 rings (SSSR count). The summed E-state index contributed by atoms with van der Waals surface area (Å²) in [5.74, 6) is 0. The van der Waals surface area contributed by atoms with Gasteiger partial charge in [0.25, 0.3) is 0 Å². The molecule has 1 fully saturated rings. The van der Waals surface area contributed by atoms with Gasteiger partial charge >= 0.3 is 0 Å². The van der Waals surface area contributed by atoms with Gasteiger partial charge in [-0.2, -0.15) is 0 Å². The molecule has 18 heavy (non-hydrogen) atoms. The molecule has 5 heteroatoms. The summed E-state index contributed by atoms with van der Waals surface area (Å²) in [7, 11) is -3.37. The van der Waals surface area contributed by atoms with E-state index >= 15 is 0 Å². The lowest BCUT2D eigenvalue weighted by Crippen LogP contribution is -2.34. The number of nitrogens with one attached hydrogen (secondary N) is 2. The molecule has 1 aromatic carbocycles. The predicted molar refractivity (Wildman–Crippen MR) is 71.2 cm³/mol. The zero-order valence-electron chi connectivity index (χ0n) is 10.5. The van der Waals surface area contributed by atoms with Crippen LogP contribution in [0.1, 0.15) is 31.7 Å². The summed E-state index contributed by atoms with van der Waals surface area (Å²) in [6.45, 7) is 2.92. The Balaban J connectivity index is 1.91. The molecule has 0 spiro atoms. The van der Waals surface area contributed by atoms with Crippen LogP contribution in [0.3, 0.4) is 0 Å². The highest BCUT2D eigenvalue weighted by atomic mass is 32.2. The van der Waals surface area contributed by atoms with Gasteiger partial charge in [-0.3, -0.25) is 0 Å². The molecule has 0 atom stereocenters. The van der Waals surface area contributed by atoms with Crippen LogP contribution in [0.15, 0.2) is 23.1 Å². The quantitative estimate of drug-likeness (QED) is 0.878. The van der Waals surface area contributed by atoms with Crippen molar-refractivity contribution in [1.82, 2.24) is 4.72 Å². The first-order valence-electron chi connectivity index (χ1n) is 6.39. The van der Waals surface area contributed by atoms with E-state index in [4.69, 9.17) is 0 Å². The lowest BCUT2D eigenvalue weighted by atomic mass is 10.0. The molecule has 1 saturated carbocycles. The van der Waals surface area contributed by atoms with Crippen molar-refractivity contribution in [2.75, 3.05) is 11.9 Å². The van der Waals surface area contributed by atoms with Crippen LogP contribution in [-0.4, -0.2) is 20.5 Å². The van der Waals surface area contributed by atoms with Crippen molar-refractivity contribution in [1.29, 1.82) is 0 Å². The van der Waals surface area contributed by atoms with Crippen molar-refractivity contribution in [3.05, 3.63) is 23.8 Å². The average molecular weight is 266 g/mol. The van der Waals surface area contributed by atoms with Crippen LogP contribution in [-0.2, 0) is 16.4 Å². The average Bonchev–Trinajstić information content (AvgIpc) is 3.05. The van der Waals surface area contributed by atoms with Gasteiger partial charge in [-0.1, -0.05) is 0 Å². The zero-order chi connectivity index (χ0) is 12.8. The summed E-state index contributed by atoms with van der Waals surface area (Å²) < 4.78 is 27.3. The van der Waals surface area contributed by atoms with E-state index in [9.17, 15) is 8.42 Å². The number of fused-ring (bicyclic) bond motifs is 1. The van der Waals surface area contributed by atoms with Gasteiger partial charge in [-0.05, 0) is 56.4 Å². The van der Waals surface area contributed by atoms with E-state index in [2.05, 4.69) is 10.0 Å². The third kappa shape index (κ3) is 2.24. The van der Waals surface area contributed by atoms with Crippen molar-refractivity contribution in [2.45, 2.75) is 43.0 Å². The van der Waals surface area contributed by atoms with E-state index in [0.717, 1.165) is 43.5 Å². The van der Waals surface area contributed by atoms with Gasteiger partial charge in [0.05, 0.1) is 4.90 Å². The van der Waals surface area contributed by atoms with Crippen LogP contribution >= 0.6 is 0 Å². The Labute approximate surface area is 108 Å². The van der Waals surface area contributed by atoms with Crippen LogP contribution in [0.4, 0.5) is 5.69 Å². The summed E-state index contributed by atoms with van der Waals surface area (Å²) in [5, 5.41) is 3.29. The van der Waals surface area contributed by atoms with Gasteiger partial charge in [0.15, 0.2) is 0 Å². The lowest BCUT2D eigenvalue weighted by molar-refractivity contribution is 0.558. The minimum absolute atomic E-state index is 0.215. The third-order valence-electron chi connectivity index (χ3n) is 3.71. The van der Waals surface area contributed by atoms with Crippen LogP contribution < -0.4 is 10.0 Å². The fourth-order valence-electron chi connectivity index (χ4n) is 2.29. The largest absolute Gasteiger partial charge is 0.385 e. The fraction of sp³-hybridized carbons (Fsp3) is 0.538. The molecule has 0 amide bonds. The minimum Gasteiger partial charge on any atom is -0.385 e. The highest BCUT2D eigenvalue weighted by molar-refractivity contribution is 7.89. The summed E-state index contributed by atoms with van der Waals surface area (Å²) in [6.07, 6.45) is 3.86. The number of benzene rings is 1. The maximum Gasteiger partial charge on any atom is 0.241 e. The maximum atomic E-state index is 12.2. The van der Waals surface area contributed by atoms with Crippen molar-refractivity contribution in [3.8, 4) is 0 Å². The second-order valence-electron chi connectivity index (χ2n) is 5.52. The van der Waals surface area contributed by atoms with Crippen molar-refractivity contribution in [3.63, 3.8) is 0 Å². The Morgan fingerprint density at radius 1 is 1.33 bits per heavy atom. The van der Waals surface area contributed by atoms with Gasteiger partial charge in [0, 0.05) is 17.8 Å². The summed E-state index contributed by atoms with van der Waals surface area (Å²) in [6, 6.07) is 5.36. The van der Waals surface area contributed by atoms with Crippen molar-refractivity contribution in [2.24, 2.45) is 0 Å². The first-order valence-corrected chi connectivity index (χ1v) is 7.88. The number of sulfonamides is 1. The third-order valence-corrected chi connectivity index (χ3v) is 5.34. The van der Waals surface area contributed by atoms with Gasteiger partial charge in [0.1, 0.15) is 0 Å². The molecule has 2 aliphatic rings. The number of hydrogen-bond acceptors (Lipinski definition) is 3. The van der Waals surface area contributed by atoms with E-state index in [0.29, 0.717) is 4.90 Å². The van der Waals surface area contributed by atoms with Crippen LogP contribution in [0.5, 0.6) is 0 Å². The Morgan fingerprint density at radius 2 is 2.11 bits per heavy atom. The summed E-state index contributed by atoms with van der Waals surface area (Å²) in [4.78, 5) is 0.387. The molecule has 1 aliphatic heterocycles. The number of hydrogen-bond donors (Lipinski definition) is 2. The van der Waals surface area contributed by atoms with E-state index in [1.807, 2.05) is 13.0 Å². The monoisotopic (exact) mass is 266 g/mol. The highest BCUT2D eigenvalue weighted by Crippen LogP contribution is 2.36. The molecule has 1 aliphatic carbocycles. The fourth-order valence-corrected chi connectivity index (χ4v) is 3.81. The van der Waals surface area contributed by atoms with Gasteiger partial charge < -0.3 is 5.32 Å². The first-order chi connectivity index (χ1) is 8.49. The molecule has 0 unspecified atom stereocenters. The Kier molecular flexibility index (Phi) is 2.64. The molecule has 98 valence electrons. The molecule has 0 saturated heterocycles. The van der Waals surface area contributed by atoms with E-state index in [-0.39, 0.29) is 5.54 Å². The molecule has 0 radical (unpaired) electrons. The highest BCUT2D eigenvalue weighted by Gasteiger charge is 2.41. The lowest BCUT2D eigenvalue weighted by Gasteiger charge is -2.19. The van der Waals surface area contributed by atoms with Crippen LogP contribution in [0.25, 0.3) is 0 Å². The van der Waals surface area contributed by atoms with Gasteiger partial charge in [0.2, 0.25) is 10.0 Å². The SMILES string of the molecule is CC1(NS(=O)(=O)c2ccc3c(c2)CCCN3)CC1. The number of anilines is 1. The van der Waals surface area contributed by atoms with E-state index < -0.39 is 10.0 Å². The minimum atomic E-state index is -3.37. The van der Waals surface area contributed by atoms with Crippen LogP contribution in [0.2, 0.25) is 0 Å². The van der Waals surface area contributed by atoms with E-state index in [1.54, 1.807) is 12.1 Å². The zero-order valence-corrected chi connectivity index (χ0v) is 11.3. The molecule has 1 heterocycles. The molecule has 0 aromatic heterocycles. The Bertz CT molecular complexity index is 577. The molecule has 0 bridgehead atoms. The summed E-state index contributed by atoms with van der Waals surface area (Å²) >= 11 is 0. The number of rotatable bonds is 3. The molecular weight excluding hydrogens is 248 g/mol. The Hall–Kier alpha value is -1.07. The Morgan fingerprint density at radius 3 is 2.83 bits per heavy atom. The molecule has 4 nitrogen and oxygen atoms in total. The van der Waals surface area contributed by atoms with Gasteiger partial charge in [-0.25, -0.2) is 13.1 Å². The predicted octanol–water partition coefficient (Wildman–Crippen LogP) is 1.88. The normalized spacial score (nSPS) is 20.9. The van der Waals surface area contributed by atoms with E-state index in [1.165, 1.54) is 0 Å². The smallest absolute Gasteiger partial charge is 0.241 e. The van der Waals surface area contributed by atoms with Crippen molar-refractivity contribution < 1.29 is 8.42 Å². The summed E-state index contributed by atoms with van der Waals surface area (Å²) in [5.41, 5.74) is 1.95. The second kappa shape index (κ2) is 3.96.